The minimum absolute atomic E-state index is 0.192. The van der Waals surface area contributed by atoms with Crippen LogP contribution < -0.4 is 15.8 Å². The molecule has 100 valence electrons. The number of rotatable bonds is 3. The predicted octanol–water partition coefficient (Wildman–Crippen LogP) is 0.463. The molecule has 3 rings (SSSR count). The summed E-state index contributed by atoms with van der Waals surface area (Å²) in [5.74, 6) is 1.35. The van der Waals surface area contributed by atoms with Crippen molar-refractivity contribution in [3.05, 3.63) is 29.3 Å². The summed E-state index contributed by atoms with van der Waals surface area (Å²) in [5.41, 5.74) is 7.55. The number of carbonyl (C=O) groups excluding carboxylic acids is 1. The largest absolute Gasteiger partial charge is 0.492 e. The van der Waals surface area contributed by atoms with Crippen LogP contribution in [0.4, 0.5) is 0 Å². The van der Waals surface area contributed by atoms with Gasteiger partial charge >= 0.3 is 0 Å². The van der Waals surface area contributed by atoms with Gasteiger partial charge in [-0.15, -0.1) is 0 Å². The van der Waals surface area contributed by atoms with E-state index in [9.17, 15) is 4.79 Å². The molecule has 0 saturated carbocycles. The molecule has 19 heavy (non-hydrogen) atoms. The fourth-order valence-electron chi connectivity index (χ4n) is 2.59. The second-order valence-electron chi connectivity index (χ2n) is 5.03. The van der Waals surface area contributed by atoms with Crippen LogP contribution >= 0.6 is 0 Å². The van der Waals surface area contributed by atoms with E-state index in [0.717, 1.165) is 36.4 Å². The summed E-state index contributed by atoms with van der Waals surface area (Å²) in [4.78, 5) is 15.2. The maximum Gasteiger partial charge on any atom is 0.252 e. The zero-order valence-corrected chi connectivity index (χ0v) is 10.7. The molecule has 3 N–H and O–H groups in total. The van der Waals surface area contributed by atoms with Gasteiger partial charge in [0.2, 0.25) is 0 Å². The van der Waals surface area contributed by atoms with E-state index in [1.807, 2.05) is 18.2 Å². The van der Waals surface area contributed by atoms with Crippen LogP contribution in [0.15, 0.2) is 23.2 Å². The Hall–Kier alpha value is -1.88. The Morgan fingerprint density at radius 1 is 1.47 bits per heavy atom. The van der Waals surface area contributed by atoms with Crippen LogP contribution in [0.1, 0.15) is 17.5 Å². The van der Waals surface area contributed by atoms with Gasteiger partial charge in [0.1, 0.15) is 11.6 Å². The van der Waals surface area contributed by atoms with E-state index < -0.39 is 0 Å². The third-order valence-electron chi connectivity index (χ3n) is 3.59. The van der Waals surface area contributed by atoms with Crippen molar-refractivity contribution in [2.45, 2.75) is 12.8 Å². The third-order valence-corrected chi connectivity index (χ3v) is 3.59. The number of amidine groups is 1. The second kappa shape index (κ2) is 5.01. The molecule has 0 bridgehead atoms. The lowest BCUT2D eigenvalue weighted by atomic mass is 10.00. The molecule has 0 aliphatic carbocycles. The highest BCUT2D eigenvalue weighted by atomic mass is 16.5. The predicted molar refractivity (Wildman–Crippen MR) is 72.3 cm³/mol. The average molecular weight is 259 g/mol. The second-order valence-corrected chi connectivity index (χ2v) is 5.03. The van der Waals surface area contributed by atoms with Gasteiger partial charge in [0.25, 0.3) is 5.91 Å². The van der Waals surface area contributed by atoms with Gasteiger partial charge < -0.3 is 15.8 Å². The van der Waals surface area contributed by atoms with Gasteiger partial charge in [-0.25, -0.2) is 0 Å². The summed E-state index contributed by atoms with van der Waals surface area (Å²) in [6.45, 7) is 2.72. The molecule has 1 atom stereocenters. The molecular formula is C14H17N3O2. The molecule has 0 spiro atoms. The van der Waals surface area contributed by atoms with Gasteiger partial charge in [-0.3, -0.25) is 4.79 Å². The van der Waals surface area contributed by atoms with E-state index >= 15 is 0 Å². The van der Waals surface area contributed by atoms with Gasteiger partial charge in [-0.05, 0) is 24.6 Å². The van der Waals surface area contributed by atoms with Gasteiger partial charge in [0.15, 0.2) is 0 Å². The molecule has 1 unspecified atom stereocenters. The van der Waals surface area contributed by atoms with Crippen LogP contribution in [-0.2, 0) is 11.2 Å². The fourth-order valence-corrected chi connectivity index (χ4v) is 2.59. The molecule has 2 heterocycles. The van der Waals surface area contributed by atoms with Crippen molar-refractivity contribution in [1.82, 2.24) is 5.32 Å². The first-order valence-corrected chi connectivity index (χ1v) is 6.57. The number of nitrogens with one attached hydrogen (secondary N) is 1. The van der Waals surface area contributed by atoms with Crippen LogP contribution in [0.25, 0.3) is 0 Å². The Balaban J connectivity index is 1.81. The highest BCUT2D eigenvalue weighted by Gasteiger charge is 2.22. The van der Waals surface area contributed by atoms with E-state index in [0.29, 0.717) is 18.9 Å². The Morgan fingerprint density at radius 2 is 2.37 bits per heavy atom. The maximum absolute atomic E-state index is 11.4. The lowest BCUT2D eigenvalue weighted by molar-refractivity contribution is -0.117. The van der Waals surface area contributed by atoms with Crippen molar-refractivity contribution in [2.24, 2.45) is 16.6 Å². The number of carbonyl (C=O) groups is 1. The molecule has 2 aliphatic heterocycles. The van der Waals surface area contributed by atoms with E-state index in [1.54, 1.807) is 0 Å². The highest BCUT2D eigenvalue weighted by molar-refractivity contribution is 6.10. The molecule has 1 aromatic rings. The zero-order valence-electron chi connectivity index (χ0n) is 10.7. The lowest BCUT2D eigenvalue weighted by Crippen LogP contribution is -2.25. The Bertz CT molecular complexity index is 533. The highest BCUT2D eigenvalue weighted by Crippen LogP contribution is 2.26. The summed E-state index contributed by atoms with van der Waals surface area (Å²) < 4.78 is 5.88. The number of aliphatic imine (C=N–C) groups is 1. The standard InChI is InChI=1S/C14H17N3O2/c15-14-13-10(6-12(18)17-14)2-1-3-11(13)19-8-9-4-5-16-7-9/h1-3,9,16H,4-8H2,(H2,15,17,18). The van der Waals surface area contributed by atoms with Crippen molar-refractivity contribution in [2.75, 3.05) is 19.7 Å². The first-order valence-electron chi connectivity index (χ1n) is 6.57. The van der Waals surface area contributed by atoms with Crippen LogP contribution in [0.3, 0.4) is 0 Å². The summed E-state index contributed by atoms with van der Waals surface area (Å²) in [6.07, 6.45) is 1.44. The molecular weight excluding hydrogens is 242 g/mol. The minimum atomic E-state index is -0.192. The zero-order chi connectivity index (χ0) is 13.2. The maximum atomic E-state index is 11.4. The van der Waals surface area contributed by atoms with Crippen LogP contribution in [0.2, 0.25) is 0 Å². The molecule has 5 heteroatoms. The number of benzene rings is 1. The summed E-state index contributed by atoms with van der Waals surface area (Å²) in [5, 5.41) is 3.31. The lowest BCUT2D eigenvalue weighted by Gasteiger charge is -2.18. The van der Waals surface area contributed by atoms with Crippen molar-refractivity contribution >= 4 is 11.7 Å². The van der Waals surface area contributed by atoms with Crippen molar-refractivity contribution in [3.63, 3.8) is 0 Å². The van der Waals surface area contributed by atoms with E-state index in [2.05, 4.69) is 10.3 Å². The SMILES string of the molecule is NC1=NC(=O)Cc2cccc(OCC3CCNC3)c21. The Labute approximate surface area is 111 Å². The molecule has 1 amide bonds. The Kier molecular flexibility index (Phi) is 3.21. The van der Waals surface area contributed by atoms with Gasteiger partial charge in [-0.1, -0.05) is 12.1 Å². The molecule has 0 aromatic heterocycles. The summed E-state index contributed by atoms with van der Waals surface area (Å²) in [6, 6.07) is 5.69. The van der Waals surface area contributed by atoms with Crippen LogP contribution in [-0.4, -0.2) is 31.4 Å². The number of hydrogen-bond acceptors (Lipinski definition) is 4. The number of nitrogens with two attached hydrogens (primary N) is 1. The molecule has 0 radical (unpaired) electrons. The number of nitrogens with zero attached hydrogens (tertiary/aromatic N) is 1. The molecule has 1 saturated heterocycles. The van der Waals surface area contributed by atoms with Crippen molar-refractivity contribution in [1.29, 1.82) is 0 Å². The fraction of sp³-hybridized carbons (Fsp3) is 0.429. The Morgan fingerprint density at radius 3 is 3.16 bits per heavy atom. The van der Waals surface area contributed by atoms with Gasteiger partial charge in [-0.2, -0.15) is 4.99 Å². The summed E-state index contributed by atoms with van der Waals surface area (Å²) >= 11 is 0. The number of hydrogen-bond donors (Lipinski definition) is 2. The van der Waals surface area contributed by atoms with E-state index in [1.165, 1.54) is 0 Å². The first-order chi connectivity index (χ1) is 9.24. The smallest absolute Gasteiger partial charge is 0.252 e. The normalized spacial score (nSPS) is 22.0. The average Bonchev–Trinajstić information content (AvgIpc) is 2.88. The molecule has 1 fully saturated rings. The van der Waals surface area contributed by atoms with Crippen molar-refractivity contribution in [3.8, 4) is 5.75 Å². The molecule has 2 aliphatic rings. The topological polar surface area (TPSA) is 76.7 Å². The van der Waals surface area contributed by atoms with Crippen LogP contribution in [0, 0.1) is 5.92 Å². The molecule has 5 nitrogen and oxygen atoms in total. The van der Waals surface area contributed by atoms with E-state index in [4.69, 9.17) is 10.5 Å². The van der Waals surface area contributed by atoms with Gasteiger partial charge in [0.05, 0.1) is 18.6 Å². The monoisotopic (exact) mass is 259 g/mol. The first kappa shape index (κ1) is 12.2. The minimum Gasteiger partial charge on any atom is -0.492 e. The number of amides is 1. The van der Waals surface area contributed by atoms with Gasteiger partial charge in [0, 0.05) is 12.5 Å². The molecule has 1 aromatic carbocycles. The van der Waals surface area contributed by atoms with E-state index in [-0.39, 0.29) is 11.7 Å². The number of ether oxygens (including phenoxy) is 1. The summed E-state index contributed by atoms with van der Waals surface area (Å²) in [7, 11) is 0. The quantitative estimate of drug-likeness (QED) is 0.827. The third kappa shape index (κ3) is 2.46. The number of fused-ring (bicyclic) bond motifs is 1. The van der Waals surface area contributed by atoms with Crippen molar-refractivity contribution < 1.29 is 9.53 Å². The van der Waals surface area contributed by atoms with Crippen LogP contribution in [0.5, 0.6) is 5.75 Å².